The van der Waals surface area contributed by atoms with Crippen molar-refractivity contribution in [2.75, 3.05) is 5.32 Å². The molecule has 6 heteroatoms. The summed E-state index contributed by atoms with van der Waals surface area (Å²) in [6.45, 7) is 1.98. The fourth-order valence-corrected chi connectivity index (χ4v) is 3.78. The van der Waals surface area contributed by atoms with E-state index in [0.717, 1.165) is 29.1 Å². The Kier molecular flexibility index (Phi) is 3.67. The molecule has 0 aromatic carbocycles. The fourth-order valence-electron chi connectivity index (χ4n) is 2.47. The molecule has 0 atom stereocenters. The Labute approximate surface area is 127 Å². The first-order valence-corrected chi connectivity index (χ1v) is 7.88. The molecule has 4 nitrogen and oxygen atoms in total. The van der Waals surface area contributed by atoms with Crippen molar-refractivity contribution in [1.29, 1.82) is 0 Å². The van der Waals surface area contributed by atoms with Crippen LogP contribution in [0.1, 0.15) is 34.5 Å². The molecule has 0 aliphatic heterocycles. The van der Waals surface area contributed by atoms with Crippen LogP contribution in [0, 0.1) is 6.92 Å². The van der Waals surface area contributed by atoms with Crippen molar-refractivity contribution < 1.29 is 0 Å². The normalized spacial score (nSPS) is 13.8. The molecule has 0 saturated carbocycles. The molecule has 3 N–H and O–H groups in total. The average Bonchev–Trinajstić information content (AvgIpc) is 2.80. The molecule has 0 fully saturated rings. The summed E-state index contributed by atoms with van der Waals surface area (Å²) < 4.78 is 0. The first-order chi connectivity index (χ1) is 9.65. The zero-order chi connectivity index (χ0) is 14.1. The van der Waals surface area contributed by atoms with Gasteiger partial charge in [0.1, 0.15) is 10.8 Å². The van der Waals surface area contributed by atoms with Crippen LogP contribution in [0.15, 0.2) is 12.3 Å². The fraction of sp³-hybridized carbons (Fsp3) is 0.357. The van der Waals surface area contributed by atoms with Gasteiger partial charge in [-0.05, 0) is 44.2 Å². The topological polar surface area (TPSA) is 63.8 Å². The van der Waals surface area contributed by atoms with Crippen LogP contribution in [0.2, 0.25) is 0 Å². The molecule has 0 bridgehead atoms. The van der Waals surface area contributed by atoms with Crippen LogP contribution in [0.3, 0.4) is 0 Å². The summed E-state index contributed by atoms with van der Waals surface area (Å²) in [6, 6.07) is 1.91. The lowest BCUT2D eigenvalue weighted by molar-refractivity contribution is 0.683. The highest BCUT2D eigenvalue weighted by atomic mass is 32.1. The average molecular weight is 304 g/mol. The molecule has 2 heterocycles. The third-order valence-corrected chi connectivity index (χ3v) is 4.75. The third kappa shape index (κ3) is 2.53. The largest absolute Gasteiger partial charge is 0.389 e. The zero-order valence-electron chi connectivity index (χ0n) is 11.3. The van der Waals surface area contributed by atoms with Crippen molar-refractivity contribution >= 4 is 39.5 Å². The van der Waals surface area contributed by atoms with Crippen molar-refractivity contribution in [3.8, 4) is 0 Å². The Morgan fingerprint density at radius 3 is 2.95 bits per heavy atom. The Balaban J connectivity index is 1.93. The number of hydrogen-bond donors (Lipinski definition) is 2. The van der Waals surface area contributed by atoms with E-state index in [1.54, 1.807) is 17.5 Å². The summed E-state index contributed by atoms with van der Waals surface area (Å²) >= 11 is 6.83. The van der Waals surface area contributed by atoms with Gasteiger partial charge in [0.15, 0.2) is 5.13 Å². The maximum Gasteiger partial charge on any atom is 0.188 e. The van der Waals surface area contributed by atoms with E-state index in [1.165, 1.54) is 23.4 Å². The predicted molar refractivity (Wildman–Crippen MR) is 86.9 cm³/mol. The number of pyridine rings is 1. The van der Waals surface area contributed by atoms with Gasteiger partial charge in [0, 0.05) is 11.1 Å². The second kappa shape index (κ2) is 5.46. The zero-order valence-corrected chi connectivity index (χ0v) is 12.9. The van der Waals surface area contributed by atoms with E-state index in [0.29, 0.717) is 10.8 Å². The molecule has 0 amide bonds. The summed E-state index contributed by atoms with van der Waals surface area (Å²) in [4.78, 5) is 10.8. The van der Waals surface area contributed by atoms with Crippen LogP contribution in [-0.4, -0.2) is 15.0 Å². The van der Waals surface area contributed by atoms with E-state index >= 15 is 0 Å². The molecule has 104 valence electrons. The van der Waals surface area contributed by atoms with Crippen molar-refractivity contribution in [2.45, 2.75) is 32.6 Å². The van der Waals surface area contributed by atoms with Gasteiger partial charge in [-0.25, -0.2) is 9.97 Å². The summed E-state index contributed by atoms with van der Waals surface area (Å²) in [5.41, 5.74) is 8.86. The van der Waals surface area contributed by atoms with E-state index in [1.807, 2.05) is 13.0 Å². The van der Waals surface area contributed by atoms with Crippen molar-refractivity contribution in [2.24, 2.45) is 5.73 Å². The van der Waals surface area contributed by atoms with Gasteiger partial charge >= 0.3 is 0 Å². The number of anilines is 2. The lowest BCUT2D eigenvalue weighted by Gasteiger charge is -2.10. The number of fused-ring (bicyclic) bond motifs is 1. The minimum absolute atomic E-state index is 0.361. The summed E-state index contributed by atoms with van der Waals surface area (Å²) in [7, 11) is 0. The molecule has 0 saturated heterocycles. The van der Waals surface area contributed by atoms with Gasteiger partial charge in [-0.15, -0.1) is 11.3 Å². The quantitative estimate of drug-likeness (QED) is 0.853. The van der Waals surface area contributed by atoms with Gasteiger partial charge in [0.05, 0.1) is 11.3 Å². The molecule has 2 aromatic heterocycles. The van der Waals surface area contributed by atoms with Gasteiger partial charge in [-0.1, -0.05) is 12.2 Å². The highest BCUT2D eigenvalue weighted by molar-refractivity contribution is 7.80. The lowest BCUT2D eigenvalue weighted by atomic mass is 10.0. The number of nitrogens with two attached hydrogens (primary N) is 1. The molecular formula is C14H16N4S2. The number of aryl methyl sites for hydroxylation is 3. The SMILES string of the molecule is Cc1ccnc(Nc2nc3c(s2)CCCC3)c1C(N)=S. The lowest BCUT2D eigenvalue weighted by Crippen LogP contribution is -2.14. The van der Waals surface area contributed by atoms with Crippen LogP contribution in [-0.2, 0) is 12.8 Å². The van der Waals surface area contributed by atoms with Crippen molar-refractivity contribution in [3.05, 3.63) is 34.0 Å². The second-order valence-corrected chi connectivity index (χ2v) is 6.46. The van der Waals surface area contributed by atoms with Crippen molar-refractivity contribution in [1.82, 2.24) is 9.97 Å². The number of thiocarbonyl (C=S) groups is 1. The maximum absolute atomic E-state index is 5.80. The van der Waals surface area contributed by atoms with Crippen LogP contribution in [0.5, 0.6) is 0 Å². The number of rotatable bonds is 3. The van der Waals surface area contributed by atoms with Gasteiger partial charge in [-0.2, -0.15) is 0 Å². The van der Waals surface area contributed by atoms with Crippen LogP contribution < -0.4 is 11.1 Å². The van der Waals surface area contributed by atoms with E-state index in [4.69, 9.17) is 18.0 Å². The van der Waals surface area contributed by atoms with Crippen LogP contribution in [0.25, 0.3) is 0 Å². The Morgan fingerprint density at radius 1 is 1.40 bits per heavy atom. The van der Waals surface area contributed by atoms with Gasteiger partial charge in [0.2, 0.25) is 0 Å². The van der Waals surface area contributed by atoms with E-state index in [2.05, 4.69) is 15.3 Å². The molecule has 1 aliphatic rings. The Morgan fingerprint density at radius 2 is 2.20 bits per heavy atom. The maximum atomic E-state index is 5.80. The highest BCUT2D eigenvalue weighted by Crippen LogP contribution is 2.31. The molecule has 0 spiro atoms. The number of hydrogen-bond acceptors (Lipinski definition) is 5. The minimum Gasteiger partial charge on any atom is -0.389 e. The summed E-state index contributed by atoms with van der Waals surface area (Å²) in [5.74, 6) is 0.698. The smallest absolute Gasteiger partial charge is 0.188 e. The standard InChI is InChI=1S/C14H16N4S2/c1-8-6-7-16-13(11(8)12(15)19)18-14-17-9-4-2-3-5-10(9)20-14/h6-7H,2-5H2,1H3,(H2,15,19)(H,16,17,18). The van der Waals surface area contributed by atoms with Gasteiger partial charge < -0.3 is 11.1 Å². The number of nitrogens with one attached hydrogen (secondary N) is 1. The molecule has 3 rings (SSSR count). The molecule has 2 aromatic rings. The van der Waals surface area contributed by atoms with Crippen molar-refractivity contribution in [3.63, 3.8) is 0 Å². The minimum atomic E-state index is 0.361. The molecular weight excluding hydrogens is 288 g/mol. The molecule has 1 aliphatic carbocycles. The molecule has 20 heavy (non-hydrogen) atoms. The number of nitrogens with zero attached hydrogens (tertiary/aromatic N) is 2. The van der Waals surface area contributed by atoms with E-state index in [-0.39, 0.29) is 0 Å². The predicted octanol–water partition coefficient (Wildman–Crippen LogP) is 3.10. The van der Waals surface area contributed by atoms with E-state index < -0.39 is 0 Å². The summed E-state index contributed by atoms with van der Waals surface area (Å²) in [6.07, 6.45) is 6.47. The summed E-state index contributed by atoms with van der Waals surface area (Å²) in [5, 5.41) is 4.16. The molecule has 0 unspecified atom stereocenters. The van der Waals surface area contributed by atoms with Gasteiger partial charge in [0.25, 0.3) is 0 Å². The van der Waals surface area contributed by atoms with Gasteiger partial charge in [-0.3, -0.25) is 0 Å². The molecule has 0 radical (unpaired) electrons. The highest BCUT2D eigenvalue weighted by Gasteiger charge is 2.17. The number of thiazole rings is 1. The first kappa shape index (κ1) is 13.5. The number of aromatic nitrogens is 2. The first-order valence-electron chi connectivity index (χ1n) is 6.66. The third-order valence-electron chi connectivity index (χ3n) is 3.48. The Bertz CT molecular complexity index is 640. The monoisotopic (exact) mass is 304 g/mol. The van der Waals surface area contributed by atoms with Crippen LogP contribution in [0.4, 0.5) is 10.9 Å². The van der Waals surface area contributed by atoms with E-state index in [9.17, 15) is 0 Å². The second-order valence-electron chi connectivity index (χ2n) is 4.94. The van der Waals surface area contributed by atoms with Crippen LogP contribution >= 0.6 is 23.6 Å². The Hall–Kier alpha value is -1.53.